The van der Waals surface area contributed by atoms with Crippen molar-refractivity contribution in [2.45, 2.75) is 44.8 Å². The van der Waals surface area contributed by atoms with E-state index in [1.165, 1.54) is 10.4 Å². The number of fused-ring (bicyclic) bond motifs is 1. The largest absolute Gasteiger partial charge is 0.379 e. The van der Waals surface area contributed by atoms with Gasteiger partial charge in [0, 0.05) is 57.7 Å². The zero-order valence-electron chi connectivity index (χ0n) is 17.2. The van der Waals surface area contributed by atoms with Crippen molar-refractivity contribution in [3.63, 3.8) is 0 Å². The number of ether oxygens (including phenoxy) is 2. The summed E-state index contributed by atoms with van der Waals surface area (Å²) < 4.78 is 11.2. The minimum atomic E-state index is 0. The van der Waals surface area contributed by atoms with E-state index in [0.29, 0.717) is 26.2 Å². The van der Waals surface area contributed by atoms with Gasteiger partial charge in [0.05, 0.1) is 12.7 Å². The van der Waals surface area contributed by atoms with E-state index in [1.54, 1.807) is 18.4 Å². The summed E-state index contributed by atoms with van der Waals surface area (Å²) >= 11 is 1.79. The van der Waals surface area contributed by atoms with Gasteiger partial charge in [0.15, 0.2) is 5.96 Å². The Morgan fingerprint density at radius 1 is 1.41 bits per heavy atom. The highest BCUT2D eigenvalue weighted by Crippen LogP contribution is 2.24. The smallest absolute Gasteiger partial charge is 0.224 e. The van der Waals surface area contributed by atoms with E-state index in [-0.39, 0.29) is 36.0 Å². The van der Waals surface area contributed by atoms with Crippen molar-refractivity contribution in [1.29, 1.82) is 0 Å². The summed E-state index contributed by atoms with van der Waals surface area (Å²) in [6.07, 6.45) is 4.90. The second-order valence-electron chi connectivity index (χ2n) is 7.17. The fourth-order valence-corrected chi connectivity index (χ4v) is 4.39. The third-order valence-electron chi connectivity index (χ3n) is 5.10. The molecule has 0 bridgehead atoms. The van der Waals surface area contributed by atoms with Gasteiger partial charge in [-0.15, -0.1) is 35.3 Å². The Kier molecular flexibility index (Phi) is 11.3. The predicted molar refractivity (Wildman–Crippen MR) is 127 cm³/mol. The average molecular weight is 536 g/mol. The molecule has 9 heteroatoms. The lowest BCUT2D eigenvalue weighted by Crippen LogP contribution is -2.41. The molecule has 1 aromatic heterocycles. The highest BCUT2D eigenvalue weighted by atomic mass is 127. The second-order valence-corrected chi connectivity index (χ2v) is 8.17. The van der Waals surface area contributed by atoms with Crippen molar-refractivity contribution in [2.75, 3.05) is 46.5 Å². The number of nitrogens with zero attached hydrogens (tertiary/aromatic N) is 2. The van der Waals surface area contributed by atoms with E-state index >= 15 is 0 Å². The molecule has 0 aliphatic carbocycles. The Morgan fingerprint density at radius 2 is 2.28 bits per heavy atom. The summed E-state index contributed by atoms with van der Waals surface area (Å²) in [5.74, 6) is 0.924. The summed E-state index contributed by atoms with van der Waals surface area (Å²) in [4.78, 5) is 20.0. The second kappa shape index (κ2) is 13.4. The minimum absolute atomic E-state index is 0. The van der Waals surface area contributed by atoms with Gasteiger partial charge in [-0.25, -0.2) is 0 Å². The molecule has 0 radical (unpaired) electrons. The lowest BCUT2D eigenvalue weighted by Gasteiger charge is -2.27. The van der Waals surface area contributed by atoms with Gasteiger partial charge in [-0.1, -0.05) is 0 Å². The fourth-order valence-electron chi connectivity index (χ4n) is 3.50. The molecule has 2 N–H and O–H groups in total. The van der Waals surface area contributed by atoms with Gasteiger partial charge in [0.25, 0.3) is 0 Å². The van der Waals surface area contributed by atoms with E-state index in [9.17, 15) is 4.79 Å². The van der Waals surface area contributed by atoms with Crippen LogP contribution in [0.15, 0.2) is 16.4 Å². The molecule has 0 spiro atoms. The quantitative estimate of drug-likeness (QED) is 0.220. The predicted octanol–water partition coefficient (Wildman–Crippen LogP) is 2.39. The van der Waals surface area contributed by atoms with Gasteiger partial charge in [-0.2, -0.15) is 0 Å². The number of nitrogens with one attached hydrogen (secondary N) is 2. The van der Waals surface area contributed by atoms with Gasteiger partial charge in [0.1, 0.15) is 0 Å². The van der Waals surface area contributed by atoms with E-state index in [2.05, 4.69) is 27.1 Å². The Hall–Kier alpha value is -0.910. The van der Waals surface area contributed by atoms with Crippen LogP contribution in [0.3, 0.4) is 0 Å². The van der Waals surface area contributed by atoms with Gasteiger partial charge in [-0.05, 0) is 42.7 Å². The van der Waals surface area contributed by atoms with Crippen LogP contribution in [0, 0.1) is 0 Å². The lowest BCUT2D eigenvalue weighted by atomic mass is 10.1. The lowest BCUT2D eigenvalue weighted by molar-refractivity contribution is -0.131. The standard InChI is InChI=1S/C20H32N4O3S.HI/c1-21-20(22-8-3-11-26-15-17-4-2-12-27-17)23-9-5-19(25)24-10-6-18-16(14-24)7-13-28-18;/h7,13,17H,2-6,8-12,14-15H2,1H3,(H2,21,22,23);1H. The third kappa shape index (κ3) is 8.03. The van der Waals surface area contributed by atoms with Gasteiger partial charge >= 0.3 is 0 Å². The number of guanidine groups is 1. The Labute approximate surface area is 194 Å². The van der Waals surface area contributed by atoms with Crippen LogP contribution < -0.4 is 10.6 Å². The van der Waals surface area contributed by atoms with Crippen molar-refractivity contribution in [1.82, 2.24) is 15.5 Å². The normalized spacial score (nSPS) is 18.9. The topological polar surface area (TPSA) is 75.2 Å². The van der Waals surface area contributed by atoms with E-state index < -0.39 is 0 Å². The maximum absolute atomic E-state index is 12.4. The van der Waals surface area contributed by atoms with Crippen LogP contribution in [0.5, 0.6) is 0 Å². The zero-order chi connectivity index (χ0) is 19.6. The van der Waals surface area contributed by atoms with E-state index in [0.717, 1.165) is 57.9 Å². The molecule has 3 rings (SSSR count). The number of aliphatic imine (C=N–C) groups is 1. The molecule has 2 aliphatic rings. The van der Waals surface area contributed by atoms with Crippen LogP contribution in [0.4, 0.5) is 0 Å². The molecule has 1 saturated heterocycles. The maximum Gasteiger partial charge on any atom is 0.224 e. The van der Waals surface area contributed by atoms with Crippen molar-refractivity contribution < 1.29 is 14.3 Å². The van der Waals surface area contributed by atoms with Gasteiger partial charge in [0.2, 0.25) is 5.91 Å². The first kappa shape index (κ1) is 24.4. The fraction of sp³-hybridized carbons (Fsp3) is 0.700. The highest BCUT2D eigenvalue weighted by Gasteiger charge is 2.21. The molecule has 29 heavy (non-hydrogen) atoms. The van der Waals surface area contributed by atoms with Crippen molar-refractivity contribution in [3.05, 3.63) is 21.9 Å². The molecule has 164 valence electrons. The molecule has 0 aromatic carbocycles. The molecule has 1 fully saturated rings. The Balaban J connectivity index is 0.00000300. The zero-order valence-corrected chi connectivity index (χ0v) is 20.3. The minimum Gasteiger partial charge on any atom is -0.379 e. The molecule has 2 aliphatic heterocycles. The average Bonchev–Trinajstić information content (AvgIpc) is 3.40. The monoisotopic (exact) mass is 536 g/mol. The molecule has 3 heterocycles. The molecule has 1 unspecified atom stereocenters. The summed E-state index contributed by atoms with van der Waals surface area (Å²) in [5, 5.41) is 8.60. The maximum atomic E-state index is 12.4. The molecular weight excluding hydrogens is 503 g/mol. The van der Waals surface area contributed by atoms with E-state index in [1.807, 2.05) is 4.90 Å². The van der Waals surface area contributed by atoms with Crippen LogP contribution in [-0.4, -0.2) is 69.4 Å². The van der Waals surface area contributed by atoms with Crippen molar-refractivity contribution in [3.8, 4) is 0 Å². The Bertz CT molecular complexity index is 649. The van der Waals surface area contributed by atoms with Gasteiger partial charge in [-0.3, -0.25) is 9.79 Å². The highest BCUT2D eigenvalue weighted by molar-refractivity contribution is 14.0. The molecular formula is C20H33IN4O3S. The number of hydrogen-bond acceptors (Lipinski definition) is 5. The number of carbonyl (C=O) groups excluding carboxylic acids is 1. The molecule has 1 aromatic rings. The molecule has 1 amide bonds. The first-order valence-electron chi connectivity index (χ1n) is 10.2. The molecule has 7 nitrogen and oxygen atoms in total. The number of thiophene rings is 1. The number of amides is 1. The van der Waals surface area contributed by atoms with Crippen LogP contribution in [-0.2, 0) is 27.2 Å². The first-order chi connectivity index (χ1) is 13.8. The third-order valence-corrected chi connectivity index (χ3v) is 6.12. The summed E-state index contributed by atoms with van der Waals surface area (Å²) in [5.41, 5.74) is 1.30. The van der Waals surface area contributed by atoms with Gasteiger partial charge < -0.3 is 25.0 Å². The number of rotatable bonds is 9. The summed E-state index contributed by atoms with van der Waals surface area (Å²) in [7, 11) is 1.74. The van der Waals surface area contributed by atoms with Crippen LogP contribution in [0.2, 0.25) is 0 Å². The molecule has 0 saturated carbocycles. The summed E-state index contributed by atoms with van der Waals surface area (Å²) in [6.45, 7) is 5.21. The van der Waals surface area contributed by atoms with E-state index in [4.69, 9.17) is 9.47 Å². The van der Waals surface area contributed by atoms with Crippen molar-refractivity contribution in [2.24, 2.45) is 4.99 Å². The number of carbonyl (C=O) groups is 1. The SMILES string of the molecule is CN=C(NCCCOCC1CCCO1)NCCC(=O)N1CCc2sccc2C1.I. The number of hydrogen-bond donors (Lipinski definition) is 2. The van der Waals surface area contributed by atoms with Crippen LogP contribution in [0.25, 0.3) is 0 Å². The van der Waals surface area contributed by atoms with Crippen LogP contribution >= 0.6 is 35.3 Å². The number of halogens is 1. The molecule has 1 atom stereocenters. The van der Waals surface area contributed by atoms with Crippen LogP contribution in [0.1, 0.15) is 36.1 Å². The first-order valence-corrected chi connectivity index (χ1v) is 11.1. The summed E-state index contributed by atoms with van der Waals surface area (Å²) in [6, 6.07) is 2.13. The Morgan fingerprint density at radius 3 is 3.07 bits per heavy atom. The van der Waals surface area contributed by atoms with Crippen molar-refractivity contribution >= 4 is 47.2 Å².